The summed E-state index contributed by atoms with van der Waals surface area (Å²) in [5.74, 6) is -0.217. The number of pyridine rings is 1. The van der Waals surface area contributed by atoms with Gasteiger partial charge in [-0.2, -0.15) is 0 Å². The lowest BCUT2D eigenvalue weighted by Crippen LogP contribution is -2.20. The van der Waals surface area contributed by atoms with Crippen molar-refractivity contribution in [2.24, 2.45) is 7.05 Å². The zero-order valence-electron chi connectivity index (χ0n) is 16.4. The molecule has 0 aliphatic carbocycles. The highest BCUT2D eigenvalue weighted by Crippen LogP contribution is 2.34. The molecule has 4 heterocycles. The highest BCUT2D eigenvalue weighted by Gasteiger charge is 2.20. The SMILES string of the molecule is Cc1c(C(=O)O)sc2[nH]c(=O)cc(CSc3nnc4n(C)c(=O)c5ccccc5n34)c12. The number of aromatic nitrogens is 5. The lowest BCUT2D eigenvalue weighted by atomic mass is 10.1. The number of thiophene rings is 1. The predicted octanol–water partition coefficient (Wildman–Crippen LogP) is 2.78. The van der Waals surface area contributed by atoms with Crippen LogP contribution in [-0.4, -0.2) is 35.2 Å². The maximum atomic E-state index is 12.6. The van der Waals surface area contributed by atoms with Gasteiger partial charge in [0, 0.05) is 24.3 Å². The summed E-state index contributed by atoms with van der Waals surface area (Å²) in [4.78, 5) is 39.7. The van der Waals surface area contributed by atoms with Gasteiger partial charge in [0.2, 0.25) is 11.3 Å². The number of H-pyrrole nitrogens is 1. The molecule has 0 fully saturated rings. The van der Waals surface area contributed by atoms with Crippen molar-refractivity contribution in [2.45, 2.75) is 17.8 Å². The highest BCUT2D eigenvalue weighted by molar-refractivity contribution is 7.98. The largest absolute Gasteiger partial charge is 0.477 e. The van der Waals surface area contributed by atoms with E-state index in [1.54, 1.807) is 26.1 Å². The third-order valence-electron chi connectivity index (χ3n) is 5.16. The number of aromatic amines is 1. The summed E-state index contributed by atoms with van der Waals surface area (Å²) >= 11 is 2.42. The molecule has 0 radical (unpaired) electrons. The van der Waals surface area contributed by atoms with E-state index in [0.29, 0.717) is 38.0 Å². The van der Waals surface area contributed by atoms with Gasteiger partial charge in [-0.1, -0.05) is 23.9 Å². The summed E-state index contributed by atoms with van der Waals surface area (Å²) in [6.07, 6.45) is 0. The van der Waals surface area contributed by atoms with E-state index in [4.69, 9.17) is 0 Å². The fourth-order valence-electron chi connectivity index (χ4n) is 3.73. The van der Waals surface area contributed by atoms with Gasteiger partial charge in [-0.3, -0.25) is 18.6 Å². The molecule has 2 N–H and O–H groups in total. The summed E-state index contributed by atoms with van der Waals surface area (Å²) in [5.41, 5.74) is 1.59. The summed E-state index contributed by atoms with van der Waals surface area (Å²) in [7, 11) is 1.65. The molecule has 0 bridgehead atoms. The Morgan fingerprint density at radius 3 is 2.81 bits per heavy atom. The molecule has 5 rings (SSSR count). The fraction of sp³-hybridized carbons (Fsp3) is 0.150. The standard InChI is InChI=1S/C20H15N5O4S2/c1-9-14-10(7-13(26)21-16(14)31-15(9)18(28)29)8-30-20-23-22-19-24(2)17(27)11-5-3-4-6-12(11)25(19)20/h3-7H,8H2,1-2H3,(H,21,26)(H,28,29). The molecule has 0 spiro atoms. The number of hydrogen-bond donors (Lipinski definition) is 2. The average molecular weight is 454 g/mol. The normalized spacial score (nSPS) is 11.7. The minimum atomic E-state index is -1.02. The second-order valence-corrected chi connectivity index (χ2v) is 8.98. The number of carbonyl (C=O) groups is 1. The van der Waals surface area contributed by atoms with Crippen molar-refractivity contribution in [2.75, 3.05) is 0 Å². The van der Waals surface area contributed by atoms with Crippen LogP contribution in [0.15, 0.2) is 45.1 Å². The van der Waals surface area contributed by atoms with Crippen LogP contribution in [0.5, 0.6) is 0 Å². The maximum Gasteiger partial charge on any atom is 0.346 e. The maximum absolute atomic E-state index is 12.6. The van der Waals surface area contributed by atoms with Crippen molar-refractivity contribution in [1.29, 1.82) is 0 Å². The Hall–Kier alpha value is -3.44. The summed E-state index contributed by atoms with van der Waals surface area (Å²) in [6.45, 7) is 1.74. The van der Waals surface area contributed by atoms with E-state index in [0.717, 1.165) is 22.3 Å². The Kier molecular flexibility index (Phi) is 4.45. The van der Waals surface area contributed by atoms with Crippen molar-refractivity contribution in [1.82, 2.24) is 24.1 Å². The molecule has 156 valence electrons. The number of para-hydroxylation sites is 1. The molecule has 0 aliphatic rings. The van der Waals surface area contributed by atoms with Crippen molar-refractivity contribution in [3.8, 4) is 0 Å². The molecule has 0 amide bonds. The first-order valence-electron chi connectivity index (χ1n) is 9.21. The molecular formula is C20H15N5O4S2. The molecule has 0 saturated carbocycles. The molecule has 0 unspecified atom stereocenters. The number of hydrogen-bond acceptors (Lipinski definition) is 7. The molecular weight excluding hydrogens is 438 g/mol. The highest BCUT2D eigenvalue weighted by atomic mass is 32.2. The van der Waals surface area contributed by atoms with Crippen LogP contribution < -0.4 is 11.1 Å². The van der Waals surface area contributed by atoms with E-state index >= 15 is 0 Å². The second-order valence-electron chi connectivity index (χ2n) is 7.01. The van der Waals surface area contributed by atoms with E-state index in [1.165, 1.54) is 22.4 Å². The van der Waals surface area contributed by atoms with Gasteiger partial charge >= 0.3 is 5.97 Å². The van der Waals surface area contributed by atoms with Crippen molar-refractivity contribution < 1.29 is 9.90 Å². The van der Waals surface area contributed by atoms with Gasteiger partial charge in [0.25, 0.3) is 5.56 Å². The minimum absolute atomic E-state index is 0.154. The quantitative estimate of drug-likeness (QED) is 0.401. The number of aromatic carboxylic acids is 1. The molecule has 0 saturated heterocycles. The van der Waals surface area contributed by atoms with Crippen LogP contribution in [0.1, 0.15) is 20.8 Å². The van der Waals surface area contributed by atoms with Gasteiger partial charge in [0.05, 0.1) is 10.9 Å². The fourth-order valence-corrected chi connectivity index (χ4v) is 5.74. The minimum Gasteiger partial charge on any atom is -0.477 e. The lowest BCUT2D eigenvalue weighted by Gasteiger charge is -2.08. The number of aryl methyl sites for hydroxylation is 2. The Labute approximate surface area is 182 Å². The van der Waals surface area contributed by atoms with Crippen molar-refractivity contribution in [3.63, 3.8) is 0 Å². The van der Waals surface area contributed by atoms with Gasteiger partial charge in [0.1, 0.15) is 9.71 Å². The van der Waals surface area contributed by atoms with Crippen LogP contribution in [0, 0.1) is 6.92 Å². The van der Waals surface area contributed by atoms with E-state index in [2.05, 4.69) is 15.2 Å². The topological polar surface area (TPSA) is 122 Å². The van der Waals surface area contributed by atoms with Gasteiger partial charge < -0.3 is 10.1 Å². The first kappa shape index (κ1) is 19.5. The first-order chi connectivity index (χ1) is 14.9. The van der Waals surface area contributed by atoms with E-state index < -0.39 is 5.97 Å². The predicted molar refractivity (Wildman–Crippen MR) is 119 cm³/mol. The van der Waals surface area contributed by atoms with Crippen molar-refractivity contribution >= 4 is 56.0 Å². The molecule has 5 aromatic rings. The van der Waals surface area contributed by atoms with Crippen LogP contribution >= 0.6 is 23.1 Å². The van der Waals surface area contributed by atoms with E-state index in [9.17, 15) is 19.5 Å². The molecule has 11 heteroatoms. The Bertz CT molecular complexity index is 1640. The Morgan fingerprint density at radius 1 is 1.26 bits per heavy atom. The molecule has 4 aromatic heterocycles. The van der Waals surface area contributed by atoms with Gasteiger partial charge in [0.15, 0.2) is 5.16 Å². The Balaban J connectivity index is 1.64. The zero-order chi connectivity index (χ0) is 21.9. The second kappa shape index (κ2) is 7.06. The third kappa shape index (κ3) is 2.96. The van der Waals surface area contributed by atoms with Crippen LogP contribution in [0.3, 0.4) is 0 Å². The molecule has 31 heavy (non-hydrogen) atoms. The van der Waals surface area contributed by atoms with E-state index in [-0.39, 0.29) is 16.0 Å². The average Bonchev–Trinajstić information content (AvgIpc) is 3.32. The monoisotopic (exact) mass is 453 g/mol. The first-order valence-corrected chi connectivity index (χ1v) is 11.0. The third-order valence-corrected chi connectivity index (χ3v) is 7.33. The number of fused-ring (bicyclic) bond motifs is 4. The van der Waals surface area contributed by atoms with Gasteiger partial charge in [-0.25, -0.2) is 4.79 Å². The van der Waals surface area contributed by atoms with E-state index in [1.807, 2.05) is 16.5 Å². The number of nitrogens with zero attached hydrogens (tertiary/aromatic N) is 4. The number of carboxylic acids is 1. The number of benzene rings is 1. The van der Waals surface area contributed by atoms with Gasteiger partial charge in [-0.15, -0.1) is 21.5 Å². The lowest BCUT2D eigenvalue weighted by molar-refractivity contribution is 0.0701. The smallest absolute Gasteiger partial charge is 0.346 e. The summed E-state index contributed by atoms with van der Waals surface area (Å²) < 4.78 is 3.27. The van der Waals surface area contributed by atoms with Crippen molar-refractivity contribution in [3.05, 3.63) is 67.0 Å². The number of carboxylic acid groups (broad SMARTS) is 1. The van der Waals surface area contributed by atoms with Crippen LogP contribution in [0.2, 0.25) is 0 Å². The van der Waals surface area contributed by atoms with Gasteiger partial charge in [-0.05, 0) is 30.2 Å². The molecule has 0 atom stereocenters. The number of thioether (sulfide) groups is 1. The Morgan fingerprint density at radius 2 is 2.03 bits per heavy atom. The van der Waals surface area contributed by atoms with Crippen LogP contribution in [-0.2, 0) is 12.8 Å². The molecule has 1 aromatic carbocycles. The zero-order valence-corrected chi connectivity index (χ0v) is 18.0. The molecule has 9 nitrogen and oxygen atoms in total. The van der Waals surface area contributed by atoms with Crippen LogP contribution in [0.25, 0.3) is 26.9 Å². The molecule has 0 aliphatic heterocycles. The summed E-state index contributed by atoms with van der Waals surface area (Å²) in [6, 6.07) is 8.73. The van der Waals surface area contributed by atoms with Crippen LogP contribution in [0.4, 0.5) is 0 Å². The summed E-state index contributed by atoms with van der Waals surface area (Å²) in [5, 5.41) is 19.7. The number of rotatable bonds is 4. The number of nitrogens with one attached hydrogen (secondary N) is 1.